The molecule has 4 heteroatoms. The van der Waals surface area contributed by atoms with E-state index in [-0.39, 0.29) is 6.10 Å². The van der Waals surface area contributed by atoms with Gasteiger partial charge in [-0.15, -0.1) is 0 Å². The van der Waals surface area contributed by atoms with Crippen LogP contribution in [0.25, 0.3) is 0 Å². The molecule has 2 heterocycles. The molecule has 0 saturated carbocycles. The van der Waals surface area contributed by atoms with Crippen LogP contribution in [0.1, 0.15) is 30.9 Å². The second-order valence-corrected chi connectivity index (χ2v) is 6.23. The van der Waals surface area contributed by atoms with Crippen molar-refractivity contribution in [3.05, 3.63) is 23.3 Å². The quantitative estimate of drug-likeness (QED) is 0.901. The fraction of sp³-hybridized carbons (Fsp3) is 0.647. The molecule has 0 amide bonds. The van der Waals surface area contributed by atoms with Crippen molar-refractivity contribution in [2.75, 3.05) is 27.2 Å². The summed E-state index contributed by atoms with van der Waals surface area (Å²) in [6, 6.07) is 4.98. The summed E-state index contributed by atoms with van der Waals surface area (Å²) in [5.41, 5.74) is 2.52. The lowest BCUT2D eigenvalue weighted by Gasteiger charge is -2.25. The molecule has 0 bridgehead atoms. The number of likely N-dealkylation sites (N-methyl/N-ethyl adjacent to an activating group) is 1. The Labute approximate surface area is 127 Å². The first-order valence-corrected chi connectivity index (χ1v) is 7.96. The molecule has 21 heavy (non-hydrogen) atoms. The Morgan fingerprint density at radius 3 is 3.05 bits per heavy atom. The third-order valence-electron chi connectivity index (χ3n) is 4.61. The summed E-state index contributed by atoms with van der Waals surface area (Å²) in [5, 5.41) is 3.30. The zero-order valence-electron chi connectivity index (χ0n) is 13.3. The van der Waals surface area contributed by atoms with Crippen LogP contribution in [0.3, 0.4) is 0 Å². The third-order valence-corrected chi connectivity index (χ3v) is 4.61. The largest absolute Gasteiger partial charge is 0.496 e. The fourth-order valence-electron chi connectivity index (χ4n) is 3.58. The Bertz CT molecular complexity index is 504. The monoisotopic (exact) mass is 290 g/mol. The number of ether oxygens (including phenoxy) is 2. The number of benzene rings is 1. The summed E-state index contributed by atoms with van der Waals surface area (Å²) >= 11 is 0. The Balaban J connectivity index is 1.80. The molecule has 1 fully saturated rings. The van der Waals surface area contributed by atoms with Gasteiger partial charge < -0.3 is 14.8 Å². The van der Waals surface area contributed by atoms with Crippen molar-refractivity contribution in [1.29, 1.82) is 0 Å². The van der Waals surface area contributed by atoms with Crippen LogP contribution in [0.15, 0.2) is 12.1 Å². The normalized spacial score (nSPS) is 24.9. The molecule has 3 rings (SSSR count). The van der Waals surface area contributed by atoms with Crippen molar-refractivity contribution in [3.8, 4) is 11.5 Å². The van der Waals surface area contributed by atoms with Crippen LogP contribution >= 0.6 is 0 Å². The lowest BCUT2D eigenvalue weighted by atomic mass is 10.1. The van der Waals surface area contributed by atoms with Gasteiger partial charge in [0.1, 0.15) is 17.6 Å². The summed E-state index contributed by atoms with van der Waals surface area (Å²) in [6.07, 6.45) is 3.83. The minimum Gasteiger partial charge on any atom is -0.496 e. The van der Waals surface area contributed by atoms with Gasteiger partial charge in [0.2, 0.25) is 0 Å². The lowest BCUT2D eigenvalue weighted by molar-refractivity contribution is 0.236. The van der Waals surface area contributed by atoms with Crippen LogP contribution in [0.5, 0.6) is 11.5 Å². The number of nitrogens with one attached hydrogen (secondary N) is 1. The van der Waals surface area contributed by atoms with Crippen molar-refractivity contribution in [1.82, 2.24) is 10.2 Å². The average Bonchev–Trinajstić information content (AvgIpc) is 3.04. The molecule has 2 aliphatic rings. The SMILES string of the molecule is CNCC1CCCN1Cc1cc2c(cc1OC)CC(C)O2. The second-order valence-electron chi connectivity index (χ2n) is 6.23. The van der Waals surface area contributed by atoms with Crippen LogP contribution in [0.2, 0.25) is 0 Å². The molecule has 1 aromatic carbocycles. The van der Waals surface area contributed by atoms with Gasteiger partial charge >= 0.3 is 0 Å². The molecule has 2 aliphatic heterocycles. The van der Waals surface area contributed by atoms with Gasteiger partial charge in [-0.25, -0.2) is 0 Å². The Kier molecular flexibility index (Phi) is 4.36. The van der Waals surface area contributed by atoms with Gasteiger partial charge in [-0.1, -0.05) is 0 Å². The molecule has 1 aromatic rings. The smallest absolute Gasteiger partial charge is 0.123 e. The van der Waals surface area contributed by atoms with E-state index in [1.807, 2.05) is 7.05 Å². The van der Waals surface area contributed by atoms with E-state index in [9.17, 15) is 0 Å². The summed E-state index contributed by atoms with van der Waals surface area (Å²) in [7, 11) is 3.79. The highest BCUT2D eigenvalue weighted by molar-refractivity contribution is 5.48. The van der Waals surface area contributed by atoms with E-state index in [1.54, 1.807) is 7.11 Å². The molecule has 0 aromatic heterocycles. The van der Waals surface area contributed by atoms with Gasteiger partial charge in [-0.05, 0) is 45.5 Å². The third kappa shape index (κ3) is 3.01. The molecule has 2 unspecified atom stereocenters. The molecular weight excluding hydrogens is 264 g/mol. The van der Waals surface area contributed by atoms with Gasteiger partial charge in [0.25, 0.3) is 0 Å². The van der Waals surface area contributed by atoms with Gasteiger partial charge in [0.15, 0.2) is 0 Å². The first-order valence-electron chi connectivity index (χ1n) is 7.96. The predicted molar refractivity (Wildman–Crippen MR) is 84.1 cm³/mol. The highest BCUT2D eigenvalue weighted by Gasteiger charge is 2.27. The van der Waals surface area contributed by atoms with Crippen molar-refractivity contribution < 1.29 is 9.47 Å². The number of nitrogens with zero attached hydrogens (tertiary/aromatic N) is 1. The zero-order chi connectivity index (χ0) is 14.8. The molecular formula is C17H26N2O2. The van der Waals surface area contributed by atoms with Gasteiger partial charge in [0, 0.05) is 36.7 Å². The molecule has 1 N–H and O–H groups in total. The van der Waals surface area contributed by atoms with Crippen molar-refractivity contribution >= 4 is 0 Å². The van der Waals surface area contributed by atoms with E-state index in [0.717, 1.165) is 31.0 Å². The lowest BCUT2D eigenvalue weighted by Crippen LogP contribution is -2.36. The standard InChI is InChI=1S/C17H26N2O2/c1-12-7-13-8-16(20-3)14(9-17(13)21-12)11-19-6-4-5-15(19)10-18-2/h8-9,12,15,18H,4-7,10-11H2,1-3H3. The predicted octanol–water partition coefficient (Wildman–Crippen LogP) is 2.20. The summed E-state index contributed by atoms with van der Waals surface area (Å²) in [4.78, 5) is 2.55. The van der Waals surface area contributed by atoms with Gasteiger partial charge in [0.05, 0.1) is 7.11 Å². The molecule has 0 spiro atoms. The Hall–Kier alpha value is -1.26. The maximum atomic E-state index is 5.90. The number of rotatable bonds is 5. The summed E-state index contributed by atoms with van der Waals surface area (Å²) in [6.45, 7) is 5.29. The molecule has 0 aliphatic carbocycles. The fourth-order valence-corrected chi connectivity index (χ4v) is 3.58. The van der Waals surface area contributed by atoms with Crippen molar-refractivity contribution in [2.24, 2.45) is 0 Å². The second kappa shape index (κ2) is 6.24. The molecule has 0 radical (unpaired) electrons. The van der Waals surface area contributed by atoms with E-state index >= 15 is 0 Å². The van der Waals surface area contributed by atoms with Gasteiger partial charge in [-0.3, -0.25) is 4.90 Å². The topological polar surface area (TPSA) is 33.7 Å². The molecule has 116 valence electrons. The number of likely N-dealkylation sites (tertiary alicyclic amines) is 1. The molecule has 2 atom stereocenters. The van der Waals surface area contributed by atoms with E-state index in [2.05, 4.69) is 29.3 Å². The number of hydrogen-bond acceptors (Lipinski definition) is 4. The number of methoxy groups -OCH3 is 1. The van der Waals surface area contributed by atoms with Crippen LogP contribution in [-0.4, -0.2) is 44.3 Å². The number of fused-ring (bicyclic) bond motifs is 1. The summed E-state index contributed by atoms with van der Waals surface area (Å²) < 4.78 is 11.5. The average molecular weight is 290 g/mol. The van der Waals surface area contributed by atoms with E-state index in [0.29, 0.717) is 6.04 Å². The highest BCUT2D eigenvalue weighted by atomic mass is 16.5. The highest BCUT2D eigenvalue weighted by Crippen LogP contribution is 2.36. The van der Waals surface area contributed by atoms with E-state index < -0.39 is 0 Å². The first kappa shape index (κ1) is 14.7. The maximum absolute atomic E-state index is 5.90. The van der Waals surface area contributed by atoms with Gasteiger partial charge in [-0.2, -0.15) is 0 Å². The van der Waals surface area contributed by atoms with Crippen LogP contribution in [0.4, 0.5) is 0 Å². The van der Waals surface area contributed by atoms with E-state index in [4.69, 9.17) is 9.47 Å². The molecule has 1 saturated heterocycles. The first-order chi connectivity index (χ1) is 10.2. The molecule has 4 nitrogen and oxygen atoms in total. The minimum atomic E-state index is 0.281. The van der Waals surface area contributed by atoms with E-state index in [1.165, 1.54) is 30.5 Å². The van der Waals surface area contributed by atoms with Crippen LogP contribution in [-0.2, 0) is 13.0 Å². The minimum absolute atomic E-state index is 0.281. The van der Waals surface area contributed by atoms with Crippen molar-refractivity contribution in [2.45, 2.75) is 44.9 Å². The zero-order valence-corrected chi connectivity index (χ0v) is 13.3. The summed E-state index contributed by atoms with van der Waals surface area (Å²) in [5.74, 6) is 2.05. The Morgan fingerprint density at radius 1 is 1.43 bits per heavy atom. The maximum Gasteiger partial charge on any atom is 0.123 e. The Morgan fingerprint density at radius 2 is 2.29 bits per heavy atom. The van der Waals surface area contributed by atoms with Crippen LogP contribution in [0, 0.1) is 0 Å². The van der Waals surface area contributed by atoms with Crippen LogP contribution < -0.4 is 14.8 Å². The number of hydrogen-bond donors (Lipinski definition) is 1. The van der Waals surface area contributed by atoms with Crippen molar-refractivity contribution in [3.63, 3.8) is 0 Å².